The van der Waals surface area contributed by atoms with Gasteiger partial charge in [-0.2, -0.15) is 0 Å². The normalized spacial score (nSPS) is 21.1. The van der Waals surface area contributed by atoms with E-state index in [1.165, 1.54) is 32.4 Å². The van der Waals surface area contributed by atoms with Crippen molar-refractivity contribution in [1.29, 1.82) is 0 Å². The van der Waals surface area contributed by atoms with E-state index >= 15 is 0 Å². The highest BCUT2D eigenvalue weighted by atomic mass is 15.4. The van der Waals surface area contributed by atoms with Gasteiger partial charge in [-0.05, 0) is 63.5 Å². The highest BCUT2D eigenvalue weighted by Gasteiger charge is 2.30. The molecular formula is C20H24N6. The van der Waals surface area contributed by atoms with Crippen LogP contribution in [0.15, 0.2) is 36.7 Å². The number of fused-ring (bicyclic) bond motifs is 1. The van der Waals surface area contributed by atoms with E-state index in [0.717, 1.165) is 41.5 Å². The Kier molecular flexibility index (Phi) is 3.85. The van der Waals surface area contributed by atoms with Gasteiger partial charge in [0.05, 0.1) is 11.4 Å². The van der Waals surface area contributed by atoms with Crippen molar-refractivity contribution in [3.63, 3.8) is 0 Å². The largest absolute Gasteiger partial charge is 0.354 e. The first-order valence-electron chi connectivity index (χ1n) is 9.55. The first-order chi connectivity index (χ1) is 12.8. The molecule has 3 aromatic heterocycles. The Morgan fingerprint density at radius 1 is 1.00 bits per heavy atom. The van der Waals surface area contributed by atoms with E-state index in [0.29, 0.717) is 6.04 Å². The van der Waals surface area contributed by atoms with Crippen LogP contribution in [0.3, 0.4) is 0 Å². The Morgan fingerprint density at radius 3 is 2.62 bits per heavy atom. The van der Waals surface area contributed by atoms with Crippen molar-refractivity contribution < 1.29 is 0 Å². The van der Waals surface area contributed by atoms with Gasteiger partial charge in [0.2, 0.25) is 0 Å². The number of likely N-dealkylation sites (tertiary alicyclic amines) is 1. The number of hydrogen-bond acceptors (Lipinski definition) is 5. The molecule has 0 amide bonds. The van der Waals surface area contributed by atoms with Crippen LogP contribution in [0.25, 0.3) is 16.9 Å². The fourth-order valence-electron chi connectivity index (χ4n) is 4.40. The van der Waals surface area contributed by atoms with Gasteiger partial charge in [0.15, 0.2) is 5.65 Å². The van der Waals surface area contributed by atoms with Crippen LogP contribution in [0, 0.1) is 6.92 Å². The molecule has 134 valence electrons. The van der Waals surface area contributed by atoms with Gasteiger partial charge in [-0.25, -0.2) is 9.50 Å². The second-order valence-corrected chi connectivity index (χ2v) is 7.37. The molecule has 26 heavy (non-hydrogen) atoms. The van der Waals surface area contributed by atoms with Crippen LogP contribution in [0.2, 0.25) is 0 Å². The van der Waals surface area contributed by atoms with Crippen LogP contribution in [-0.4, -0.2) is 56.7 Å². The molecule has 2 saturated heterocycles. The van der Waals surface area contributed by atoms with Gasteiger partial charge in [-0.15, -0.1) is 5.10 Å². The van der Waals surface area contributed by atoms with Gasteiger partial charge in [0, 0.05) is 37.1 Å². The fraction of sp³-hybridized carbons (Fsp3) is 0.450. The SMILES string of the molecule is Cc1nc2ccc(N3CC[C@@H](N4CCCC4)C3)nn2c1-c1ccncc1. The Bertz CT molecular complexity index is 913. The summed E-state index contributed by atoms with van der Waals surface area (Å²) in [6.45, 7) is 6.73. The molecule has 0 aromatic carbocycles. The van der Waals surface area contributed by atoms with Crippen molar-refractivity contribution in [3.05, 3.63) is 42.4 Å². The van der Waals surface area contributed by atoms with Gasteiger partial charge < -0.3 is 4.90 Å². The van der Waals surface area contributed by atoms with Crippen molar-refractivity contribution in [2.45, 2.75) is 32.2 Å². The predicted molar refractivity (Wildman–Crippen MR) is 102 cm³/mol. The van der Waals surface area contributed by atoms with Crippen LogP contribution in [0.4, 0.5) is 5.82 Å². The zero-order chi connectivity index (χ0) is 17.5. The summed E-state index contributed by atoms with van der Waals surface area (Å²) in [7, 11) is 0. The molecule has 5 heterocycles. The fourth-order valence-corrected chi connectivity index (χ4v) is 4.40. The second-order valence-electron chi connectivity index (χ2n) is 7.37. The zero-order valence-corrected chi connectivity index (χ0v) is 15.2. The van der Waals surface area contributed by atoms with Crippen molar-refractivity contribution in [3.8, 4) is 11.3 Å². The maximum Gasteiger partial charge on any atom is 0.154 e. The van der Waals surface area contributed by atoms with Crippen molar-refractivity contribution in [1.82, 2.24) is 24.5 Å². The Hall–Kier alpha value is -2.47. The molecule has 0 saturated carbocycles. The maximum absolute atomic E-state index is 4.96. The van der Waals surface area contributed by atoms with Crippen LogP contribution in [0.5, 0.6) is 0 Å². The summed E-state index contributed by atoms with van der Waals surface area (Å²) < 4.78 is 1.99. The monoisotopic (exact) mass is 348 g/mol. The van der Waals surface area contributed by atoms with Gasteiger partial charge in [0.1, 0.15) is 5.82 Å². The summed E-state index contributed by atoms with van der Waals surface area (Å²) >= 11 is 0. The molecule has 6 heteroatoms. The van der Waals surface area contributed by atoms with E-state index in [-0.39, 0.29) is 0 Å². The van der Waals surface area contributed by atoms with E-state index in [1.807, 2.05) is 36.0 Å². The molecule has 2 aliphatic rings. The molecule has 0 spiro atoms. The van der Waals surface area contributed by atoms with E-state index in [9.17, 15) is 0 Å². The van der Waals surface area contributed by atoms with E-state index < -0.39 is 0 Å². The molecule has 2 aliphatic heterocycles. The van der Waals surface area contributed by atoms with Crippen LogP contribution < -0.4 is 4.90 Å². The summed E-state index contributed by atoms with van der Waals surface area (Å²) in [5, 5.41) is 4.96. The number of aromatic nitrogens is 4. The minimum absolute atomic E-state index is 0.680. The lowest BCUT2D eigenvalue weighted by Crippen LogP contribution is -2.35. The van der Waals surface area contributed by atoms with Crippen LogP contribution in [-0.2, 0) is 0 Å². The third kappa shape index (κ3) is 2.65. The highest BCUT2D eigenvalue weighted by Crippen LogP contribution is 2.27. The average molecular weight is 348 g/mol. The molecule has 0 radical (unpaired) electrons. The maximum atomic E-state index is 4.96. The van der Waals surface area contributed by atoms with E-state index in [1.54, 1.807) is 0 Å². The van der Waals surface area contributed by atoms with Crippen molar-refractivity contribution in [2.75, 3.05) is 31.1 Å². The summed E-state index contributed by atoms with van der Waals surface area (Å²) in [6.07, 6.45) is 7.58. The Balaban J connectivity index is 1.48. The van der Waals surface area contributed by atoms with E-state index in [2.05, 4.69) is 31.9 Å². The van der Waals surface area contributed by atoms with Crippen molar-refractivity contribution >= 4 is 11.5 Å². The first-order valence-corrected chi connectivity index (χ1v) is 9.55. The predicted octanol–water partition coefficient (Wildman–Crippen LogP) is 2.77. The highest BCUT2D eigenvalue weighted by molar-refractivity contribution is 5.66. The molecule has 0 aliphatic carbocycles. The topological polar surface area (TPSA) is 49.6 Å². The third-order valence-corrected chi connectivity index (χ3v) is 5.74. The lowest BCUT2D eigenvalue weighted by molar-refractivity contribution is 0.260. The van der Waals surface area contributed by atoms with Crippen molar-refractivity contribution in [2.24, 2.45) is 0 Å². The lowest BCUT2D eigenvalue weighted by Gasteiger charge is -2.24. The molecule has 0 N–H and O–H groups in total. The molecule has 1 atom stereocenters. The first kappa shape index (κ1) is 15.8. The van der Waals surface area contributed by atoms with Gasteiger partial charge >= 0.3 is 0 Å². The smallest absolute Gasteiger partial charge is 0.154 e. The molecular weight excluding hydrogens is 324 g/mol. The number of rotatable bonds is 3. The minimum atomic E-state index is 0.680. The third-order valence-electron chi connectivity index (χ3n) is 5.74. The quantitative estimate of drug-likeness (QED) is 0.728. The number of nitrogens with zero attached hydrogens (tertiary/aromatic N) is 6. The number of anilines is 1. The summed E-state index contributed by atoms with van der Waals surface area (Å²) in [6, 6.07) is 8.92. The number of hydrogen-bond donors (Lipinski definition) is 0. The van der Waals surface area contributed by atoms with Crippen LogP contribution >= 0.6 is 0 Å². The van der Waals surface area contributed by atoms with Gasteiger partial charge in [-0.1, -0.05) is 0 Å². The molecule has 0 unspecified atom stereocenters. The standard InChI is InChI=1S/C20H24N6/c1-15-20(16-6-9-21-10-7-16)26-18(22-15)4-5-19(23-26)25-13-8-17(14-25)24-11-2-3-12-24/h4-7,9-10,17H,2-3,8,11-14H2,1H3/t17-/m1/s1. The Morgan fingerprint density at radius 2 is 1.81 bits per heavy atom. The van der Waals surface area contributed by atoms with Gasteiger partial charge in [-0.3, -0.25) is 9.88 Å². The molecule has 0 bridgehead atoms. The number of aryl methyl sites for hydroxylation is 1. The zero-order valence-electron chi connectivity index (χ0n) is 15.2. The summed E-state index contributed by atoms with van der Waals surface area (Å²) in [5.41, 5.74) is 4.05. The Labute approximate surface area is 153 Å². The molecule has 2 fully saturated rings. The average Bonchev–Trinajstić information content (AvgIpc) is 3.40. The summed E-state index contributed by atoms with van der Waals surface area (Å²) in [5.74, 6) is 1.05. The summed E-state index contributed by atoms with van der Waals surface area (Å²) in [4.78, 5) is 13.9. The minimum Gasteiger partial charge on any atom is -0.354 e. The van der Waals surface area contributed by atoms with E-state index in [4.69, 9.17) is 5.10 Å². The second kappa shape index (κ2) is 6.36. The molecule has 3 aromatic rings. The number of imidazole rings is 1. The molecule has 6 nitrogen and oxygen atoms in total. The lowest BCUT2D eigenvalue weighted by atomic mass is 10.2. The van der Waals surface area contributed by atoms with Gasteiger partial charge in [0.25, 0.3) is 0 Å². The van der Waals surface area contributed by atoms with Crippen LogP contribution in [0.1, 0.15) is 25.0 Å². The molecule has 5 rings (SSSR count). The number of pyridine rings is 1.